The van der Waals surface area contributed by atoms with E-state index < -0.39 is 0 Å². The Morgan fingerprint density at radius 1 is 1.09 bits per heavy atom. The molecule has 0 aromatic heterocycles. The predicted octanol–water partition coefficient (Wildman–Crippen LogP) is 2.75. The molecule has 0 atom stereocenters. The van der Waals surface area contributed by atoms with Crippen molar-refractivity contribution in [2.24, 2.45) is 0 Å². The number of amides is 1. The number of carbonyl (C=O) groups is 1. The first-order valence-corrected chi connectivity index (χ1v) is 7.72. The van der Waals surface area contributed by atoms with Crippen LogP contribution in [-0.4, -0.2) is 31.5 Å². The van der Waals surface area contributed by atoms with Crippen LogP contribution in [0.25, 0.3) is 0 Å². The molecule has 4 heteroatoms. The van der Waals surface area contributed by atoms with Crippen LogP contribution in [0.2, 0.25) is 0 Å². The SMILES string of the molecule is Cc1cccc(OCC(=O)NCc2ccccc2CN(C)C)c1. The van der Waals surface area contributed by atoms with Crippen molar-refractivity contribution >= 4 is 5.91 Å². The van der Waals surface area contributed by atoms with E-state index in [0.29, 0.717) is 12.3 Å². The molecule has 0 saturated carbocycles. The van der Waals surface area contributed by atoms with Crippen LogP contribution >= 0.6 is 0 Å². The minimum Gasteiger partial charge on any atom is -0.484 e. The van der Waals surface area contributed by atoms with Gasteiger partial charge in [0.15, 0.2) is 6.61 Å². The van der Waals surface area contributed by atoms with Crippen LogP contribution in [0.1, 0.15) is 16.7 Å². The molecule has 2 aromatic rings. The molecule has 0 aliphatic carbocycles. The maximum absolute atomic E-state index is 12.0. The Morgan fingerprint density at radius 3 is 2.52 bits per heavy atom. The van der Waals surface area contributed by atoms with Crippen molar-refractivity contribution in [1.82, 2.24) is 10.2 Å². The van der Waals surface area contributed by atoms with Crippen molar-refractivity contribution in [3.05, 3.63) is 65.2 Å². The number of nitrogens with zero attached hydrogens (tertiary/aromatic N) is 1. The fraction of sp³-hybridized carbons (Fsp3) is 0.316. The molecule has 1 amide bonds. The van der Waals surface area contributed by atoms with Gasteiger partial charge in [-0.3, -0.25) is 4.79 Å². The summed E-state index contributed by atoms with van der Waals surface area (Å²) in [5, 5.41) is 2.92. The lowest BCUT2D eigenvalue weighted by Crippen LogP contribution is -2.29. The van der Waals surface area contributed by atoms with Crippen molar-refractivity contribution in [3.8, 4) is 5.75 Å². The Kier molecular flexibility index (Phi) is 6.18. The normalized spacial score (nSPS) is 10.6. The molecule has 0 aliphatic heterocycles. The van der Waals surface area contributed by atoms with Crippen LogP contribution in [0.5, 0.6) is 5.75 Å². The van der Waals surface area contributed by atoms with Crippen LogP contribution in [0.3, 0.4) is 0 Å². The van der Waals surface area contributed by atoms with E-state index in [1.165, 1.54) is 5.56 Å². The van der Waals surface area contributed by atoms with Gasteiger partial charge in [0.1, 0.15) is 5.75 Å². The number of carbonyl (C=O) groups excluding carboxylic acids is 1. The van der Waals surface area contributed by atoms with Gasteiger partial charge in [-0.05, 0) is 49.8 Å². The number of hydrogen-bond acceptors (Lipinski definition) is 3. The Morgan fingerprint density at radius 2 is 1.83 bits per heavy atom. The third kappa shape index (κ3) is 5.75. The van der Waals surface area contributed by atoms with Crippen LogP contribution in [0.4, 0.5) is 0 Å². The van der Waals surface area contributed by atoms with Gasteiger partial charge in [-0.25, -0.2) is 0 Å². The third-order valence-corrected chi connectivity index (χ3v) is 3.44. The molecule has 23 heavy (non-hydrogen) atoms. The number of benzene rings is 2. The second kappa shape index (κ2) is 8.34. The summed E-state index contributed by atoms with van der Waals surface area (Å²) >= 11 is 0. The van der Waals surface area contributed by atoms with Gasteiger partial charge in [-0.2, -0.15) is 0 Å². The molecule has 0 aliphatic rings. The Balaban J connectivity index is 1.85. The van der Waals surface area contributed by atoms with Gasteiger partial charge in [0.2, 0.25) is 0 Å². The van der Waals surface area contributed by atoms with E-state index in [2.05, 4.69) is 16.3 Å². The highest BCUT2D eigenvalue weighted by Gasteiger charge is 2.06. The summed E-state index contributed by atoms with van der Waals surface area (Å²) in [6.07, 6.45) is 0. The summed E-state index contributed by atoms with van der Waals surface area (Å²) in [5.74, 6) is 0.597. The lowest BCUT2D eigenvalue weighted by molar-refractivity contribution is -0.123. The molecule has 4 nitrogen and oxygen atoms in total. The van der Waals surface area contributed by atoms with E-state index in [1.807, 2.05) is 63.5 Å². The van der Waals surface area contributed by atoms with Crippen molar-refractivity contribution < 1.29 is 9.53 Å². The van der Waals surface area contributed by atoms with Crippen molar-refractivity contribution in [1.29, 1.82) is 0 Å². The average molecular weight is 312 g/mol. The smallest absolute Gasteiger partial charge is 0.258 e. The van der Waals surface area contributed by atoms with Gasteiger partial charge < -0.3 is 15.0 Å². The molecule has 0 heterocycles. The summed E-state index contributed by atoms with van der Waals surface area (Å²) in [4.78, 5) is 14.1. The van der Waals surface area contributed by atoms with E-state index in [9.17, 15) is 4.79 Å². The topological polar surface area (TPSA) is 41.6 Å². The predicted molar refractivity (Wildman–Crippen MR) is 92.4 cm³/mol. The molecule has 0 saturated heterocycles. The van der Waals surface area contributed by atoms with Crippen molar-refractivity contribution in [3.63, 3.8) is 0 Å². The molecule has 0 radical (unpaired) electrons. The fourth-order valence-corrected chi connectivity index (χ4v) is 2.32. The quantitative estimate of drug-likeness (QED) is 0.855. The van der Waals surface area contributed by atoms with Gasteiger partial charge >= 0.3 is 0 Å². The number of nitrogens with one attached hydrogen (secondary N) is 1. The summed E-state index contributed by atoms with van der Waals surface area (Å²) < 4.78 is 5.51. The molecule has 0 spiro atoms. The van der Waals surface area contributed by atoms with Crippen molar-refractivity contribution in [2.45, 2.75) is 20.0 Å². The summed E-state index contributed by atoms with van der Waals surface area (Å²) in [6.45, 7) is 3.39. The standard InChI is InChI=1S/C19H24N2O2/c1-15-7-6-10-18(11-15)23-14-19(22)20-12-16-8-4-5-9-17(16)13-21(2)3/h4-11H,12-14H2,1-3H3,(H,20,22). The molecule has 2 aromatic carbocycles. The summed E-state index contributed by atoms with van der Waals surface area (Å²) in [5.41, 5.74) is 3.46. The van der Waals surface area contributed by atoms with Crippen LogP contribution in [0.15, 0.2) is 48.5 Å². The van der Waals surface area contributed by atoms with Crippen LogP contribution in [0, 0.1) is 6.92 Å². The minimum atomic E-state index is -0.119. The second-order valence-electron chi connectivity index (χ2n) is 5.89. The van der Waals surface area contributed by atoms with Gasteiger partial charge in [-0.1, -0.05) is 36.4 Å². The lowest BCUT2D eigenvalue weighted by atomic mass is 10.1. The van der Waals surface area contributed by atoms with Gasteiger partial charge in [0.25, 0.3) is 5.91 Å². The highest BCUT2D eigenvalue weighted by atomic mass is 16.5. The van der Waals surface area contributed by atoms with Crippen LogP contribution in [-0.2, 0) is 17.9 Å². The molecule has 0 unspecified atom stereocenters. The van der Waals surface area contributed by atoms with Gasteiger partial charge in [0.05, 0.1) is 0 Å². The van der Waals surface area contributed by atoms with E-state index in [0.717, 1.165) is 17.7 Å². The van der Waals surface area contributed by atoms with Crippen LogP contribution < -0.4 is 10.1 Å². The molecular formula is C19H24N2O2. The Hall–Kier alpha value is -2.33. The maximum atomic E-state index is 12.0. The third-order valence-electron chi connectivity index (χ3n) is 3.44. The zero-order valence-corrected chi connectivity index (χ0v) is 14.0. The fourth-order valence-electron chi connectivity index (χ4n) is 2.32. The lowest BCUT2D eigenvalue weighted by Gasteiger charge is -2.14. The molecule has 0 bridgehead atoms. The van der Waals surface area contributed by atoms with E-state index in [-0.39, 0.29) is 12.5 Å². The molecule has 0 fully saturated rings. The monoisotopic (exact) mass is 312 g/mol. The zero-order valence-electron chi connectivity index (χ0n) is 14.0. The Labute approximate surface area is 138 Å². The first kappa shape index (κ1) is 17.0. The minimum absolute atomic E-state index is 0.0271. The molecule has 1 N–H and O–H groups in total. The number of rotatable bonds is 7. The van der Waals surface area contributed by atoms with E-state index in [4.69, 9.17) is 4.74 Å². The number of ether oxygens (including phenoxy) is 1. The zero-order chi connectivity index (χ0) is 16.7. The maximum Gasteiger partial charge on any atom is 0.258 e. The largest absolute Gasteiger partial charge is 0.484 e. The van der Waals surface area contributed by atoms with E-state index >= 15 is 0 Å². The molecular weight excluding hydrogens is 288 g/mol. The second-order valence-corrected chi connectivity index (χ2v) is 5.89. The first-order chi connectivity index (χ1) is 11.0. The molecule has 122 valence electrons. The summed E-state index contributed by atoms with van der Waals surface area (Å²) in [7, 11) is 4.07. The van der Waals surface area contributed by atoms with E-state index in [1.54, 1.807) is 0 Å². The van der Waals surface area contributed by atoms with Gasteiger partial charge in [-0.15, -0.1) is 0 Å². The average Bonchev–Trinajstić information content (AvgIpc) is 2.51. The number of aryl methyl sites for hydroxylation is 1. The summed E-state index contributed by atoms with van der Waals surface area (Å²) in [6, 6.07) is 15.8. The number of hydrogen-bond donors (Lipinski definition) is 1. The van der Waals surface area contributed by atoms with Gasteiger partial charge in [0, 0.05) is 13.1 Å². The Bertz CT molecular complexity index is 653. The highest BCUT2D eigenvalue weighted by Crippen LogP contribution is 2.12. The first-order valence-electron chi connectivity index (χ1n) is 7.72. The highest BCUT2D eigenvalue weighted by molar-refractivity contribution is 5.77. The van der Waals surface area contributed by atoms with Crippen molar-refractivity contribution in [2.75, 3.05) is 20.7 Å². The molecule has 2 rings (SSSR count).